The highest BCUT2D eigenvalue weighted by atomic mass is 16.5. The van der Waals surface area contributed by atoms with Gasteiger partial charge in [0.25, 0.3) is 0 Å². The summed E-state index contributed by atoms with van der Waals surface area (Å²) in [5.74, 6) is 3.18. The Morgan fingerprint density at radius 2 is 0.750 bits per heavy atom. The number of ether oxygens (including phenoxy) is 4. The Morgan fingerprint density at radius 1 is 0.455 bits per heavy atom. The van der Waals surface area contributed by atoms with Crippen molar-refractivity contribution < 1.29 is 24.1 Å². The summed E-state index contributed by atoms with van der Waals surface area (Å²) in [6.07, 6.45) is 0. The molecule has 0 aliphatic rings. The quantitative estimate of drug-likeness (QED) is 0.264. The largest absolute Gasteiger partial charge is 0.496 e. The fraction of sp³-hybridized carbons (Fsp3) is 0.538. The standard InChI is InChI=1S/C39H56O5/c1-36(2,3)30-17-26(18-31(34(30)41-13)37(4,5)6)23-43-28-15-25(22-40)16-29(21-28)44-24-27-19-32(38(7,8)9)35(42-14)33(20-27)39(10,11)12/h15-21,40H,22-24H2,1-14H3. The highest BCUT2D eigenvalue weighted by Crippen LogP contribution is 2.42. The summed E-state index contributed by atoms with van der Waals surface area (Å²) >= 11 is 0. The second-order valence-electron chi connectivity index (χ2n) is 16.0. The number of aliphatic hydroxyl groups is 1. The summed E-state index contributed by atoms with van der Waals surface area (Å²) in [4.78, 5) is 0. The molecule has 0 fully saturated rings. The molecule has 3 rings (SSSR count). The molecule has 0 aliphatic carbocycles. The first-order valence-corrected chi connectivity index (χ1v) is 15.6. The first-order valence-electron chi connectivity index (χ1n) is 15.6. The van der Waals surface area contributed by atoms with Crippen molar-refractivity contribution in [3.8, 4) is 23.0 Å². The van der Waals surface area contributed by atoms with Crippen molar-refractivity contribution >= 4 is 0 Å². The molecular formula is C39H56O5. The average Bonchev–Trinajstić information content (AvgIpc) is 2.91. The molecule has 3 aromatic rings. The third-order valence-electron chi connectivity index (χ3n) is 7.87. The van der Waals surface area contributed by atoms with E-state index in [1.807, 2.05) is 18.2 Å². The van der Waals surface area contributed by atoms with Crippen molar-refractivity contribution in [2.75, 3.05) is 14.2 Å². The normalized spacial score (nSPS) is 12.7. The molecular weight excluding hydrogens is 548 g/mol. The third-order valence-corrected chi connectivity index (χ3v) is 7.87. The van der Waals surface area contributed by atoms with Gasteiger partial charge in [-0.3, -0.25) is 0 Å². The summed E-state index contributed by atoms with van der Waals surface area (Å²) in [7, 11) is 3.50. The summed E-state index contributed by atoms with van der Waals surface area (Å²) < 4.78 is 24.5. The van der Waals surface area contributed by atoms with Crippen LogP contribution >= 0.6 is 0 Å². The van der Waals surface area contributed by atoms with Crippen LogP contribution < -0.4 is 18.9 Å². The van der Waals surface area contributed by atoms with Crippen molar-refractivity contribution in [3.63, 3.8) is 0 Å². The van der Waals surface area contributed by atoms with Crippen LogP contribution in [-0.2, 0) is 41.5 Å². The SMILES string of the molecule is COc1c(C(C)(C)C)cc(COc2cc(CO)cc(OCc3cc(C(C)(C)C)c(OC)c(C(C)(C)C)c3)c2)cc1C(C)(C)C. The lowest BCUT2D eigenvalue weighted by atomic mass is 9.78. The highest BCUT2D eigenvalue weighted by molar-refractivity contribution is 5.52. The van der Waals surface area contributed by atoms with Gasteiger partial charge in [0.15, 0.2) is 0 Å². The second-order valence-corrected chi connectivity index (χ2v) is 16.0. The first kappa shape index (κ1) is 35.3. The van der Waals surface area contributed by atoms with E-state index < -0.39 is 0 Å². The Morgan fingerprint density at radius 3 is 0.977 bits per heavy atom. The minimum absolute atomic E-state index is 0.0969. The van der Waals surface area contributed by atoms with Crippen LogP contribution in [0.1, 0.15) is 122 Å². The predicted molar refractivity (Wildman–Crippen MR) is 182 cm³/mol. The molecule has 0 saturated carbocycles. The van der Waals surface area contributed by atoms with Gasteiger partial charge in [-0.05, 0) is 74.7 Å². The van der Waals surface area contributed by atoms with Crippen molar-refractivity contribution in [2.24, 2.45) is 0 Å². The minimum Gasteiger partial charge on any atom is -0.496 e. The van der Waals surface area contributed by atoms with E-state index in [1.54, 1.807) is 14.2 Å². The predicted octanol–water partition coefficient (Wildman–Crippen LogP) is 9.54. The Labute approximate surface area is 266 Å². The van der Waals surface area contributed by atoms with E-state index in [-0.39, 0.29) is 28.3 Å². The van der Waals surface area contributed by atoms with Gasteiger partial charge in [-0.2, -0.15) is 0 Å². The molecule has 0 spiro atoms. The number of benzene rings is 3. The molecule has 0 amide bonds. The molecule has 1 N–H and O–H groups in total. The van der Waals surface area contributed by atoms with Crippen LogP contribution in [0.2, 0.25) is 0 Å². The second kappa shape index (κ2) is 13.0. The lowest BCUT2D eigenvalue weighted by Gasteiger charge is -2.30. The molecule has 3 aromatic carbocycles. The maximum Gasteiger partial charge on any atom is 0.126 e. The van der Waals surface area contributed by atoms with Crippen molar-refractivity contribution in [1.29, 1.82) is 0 Å². The van der Waals surface area contributed by atoms with Gasteiger partial charge in [0, 0.05) is 28.3 Å². The van der Waals surface area contributed by atoms with E-state index in [0.717, 1.165) is 50.4 Å². The van der Waals surface area contributed by atoms with Gasteiger partial charge in [-0.1, -0.05) is 83.1 Å². The molecule has 5 heteroatoms. The molecule has 0 bridgehead atoms. The van der Waals surface area contributed by atoms with E-state index in [4.69, 9.17) is 18.9 Å². The van der Waals surface area contributed by atoms with E-state index in [2.05, 4.69) is 107 Å². The Hall–Kier alpha value is -3.18. The zero-order valence-electron chi connectivity index (χ0n) is 29.7. The molecule has 5 nitrogen and oxygen atoms in total. The Bertz CT molecular complexity index is 1260. The fourth-order valence-electron chi connectivity index (χ4n) is 5.43. The van der Waals surface area contributed by atoms with Crippen LogP contribution in [0.4, 0.5) is 0 Å². The summed E-state index contributed by atoms with van der Waals surface area (Å²) in [6, 6.07) is 14.4. The van der Waals surface area contributed by atoms with Gasteiger partial charge < -0.3 is 24.1 Å². The van der Waals surface area contributed by atoms with Gasteiger partial charge in [-0.15, -0.1) is 0 Å². The average molecular weight is 605 g/mol. The number of aliphatic hydroxyl groups excluding tert-OH is 1. The molecule has 242 valence electrons. The van der Waals surface area contributed by atoms with Gasteiger partial charge in [0.2, 0.25) is 0 Å². The topological polar surface area (TPSA) is 57.2 Å². The van der Waals surface area contributed by atoms with E-state index >= 15 is 0 Å². The van der Waals surface area contributed by atoms with Gasteiger partial charge in [-0.25, -0.2) is 0 Å². The number of hydrogen-bond acceptors (Lipinski definition) is 5. The number of hydrogen-bond donors (Lipinski definition) is 1. The monoisotopic (exact) mass is 604 g/mol. The lowest BCUT2D eigenvalue weighted by molar-refractivity contribution is 0.270. The number of methoxy groups -OCH3 is 2. The van der Waals surface area contributed by atoms with Crippen molar-refractivity contribution in [3.05, 3.63) is 81.4 Å². The van der Waals surface area contributed by atoms with Crippen LogP contribution in [0.3, 0.4) is 0 Å². The lowest BCUT2D eigenvalue weighted by Crippen LogP contribution is -2.20. The molecule has 0 saturated heterocycles. The smallest absolute Gasteiger partial charge is 0.126 e. The molecule has 0 unspecified atom stereocenters. The van der Waals surface area contributed by atoms with Crippen LogP contribution in [0.25, 0.3) is 0 Å². The fourth-order valence-corrected chi connectivity index (χ4v) is 5.43. The van der Waals surface area contributed by atoms with E-state index in [0.29, 0.717) is 24.7 Å². The van der Waals surface area contributed by atoms with Gasteiger partial charge in [0.1, 0.15) is 36.2 Å². The summed E-state index contributed by atoms with van der Waals surface area (Å²) in [5.41, 5.74) is 7.11. The number of rotatable bonds is 9. The van der Waals surface area contributed by atoms with Crippen LogP contribution in [0.5, 0.6) is 23.0 Å². The minimum atomic E-state index is -0.108. The van der Waals surface area contributed by atoms with Crippen molar-refractivity contribution in [1.82, 2.24) is 0 Å². The van der Waals surface area contributed by atoms with E-state index in [9.17, 15) is 5.11 Å². The van der Waals surface area contributed by atoms with Crippen LogP contribution in [-0.4, -0.2) is 19.3 Å². The molecule has 0 radical (unpaired) electrons. The zero-order valence-corrected chi connectivity index (χ0v) is 29.7. The van der Waals surface area contributed by atoms with Crippen molar-refractivity contribution in [2.45, 2.75) is 125 Å². The third kappa shape index (κ3) is 8.50. The van der Waals surface area contributed by atoms with Gasteiger partial charge in [0.05, 0.1) is 20.8 Å². The molecule has 44 heavy (non-hydrogen) atoms. The summed E-state index contributed by atoms with van der Waals surface area (Å²) in [5, 5.41) is 10.0. The maximum atomic E-state index is 10.0. The highest BCUT2D eigenvalue weighted by Gasteiger charge is 2.29. The Kier molecular flexibility index (Phi) is 10.5. The first-order chi connectivity index (χ1) is 20.2. The zero-order chi connectivity index (χ0) is 33.3. The molecule has 0 aliphatic heterocycles. The van der Waals surface area contributed by atoms with Crippen LogP contribution in [0.15, 0.2) is 42.5 Å². The summed E-state index contributed by atoms with van der Waals surface area (Å²) in [6.45, 7) is 27.1. The van der Waals surface area contributed by atoms with Gasteiger partial charge >= 0.3 is 0 Å². The molecule has 0 heterocycles. The molecule has 0 aromatic heterocycles. The van der Waals surface area contributed by atoms with E-state index in [1.165, 1.54) is 0 Å². The molecule has 0 atom stereocenters. The Balaban J connectivity index is 1.94. The van der Waals surface area contributed by atoms with Crippen LogP contribution in [0, 0.1) is 0 Å². The maximum absolute atomic E-state index is 10.0.